The van der Waals surface area contributed by atoms with Crippen molar-refractivity contribution >= 4 is 21.8 Å². The van der Waals surface area contributed by atoms with Gasteiger partial charge in [0.2, 0.25) is 0 Å². The zero-order valence-corrected chi connectivity index (χ0v) is 12.4. The lowest BCUT2D eigenvalue weighted by Gasteiger charge is -2.11. The van der Waals surface area contributed by atoms with Crippen LogP contribution in [-0.2, 0) is 6.42 Å². The Morgan fingerprint density at radius 3 is 2.65 bits per heavy atom. The van der Waals surface area contributed by atoms with Gasteiger partial charge < -0.3 is 15.6 Å². The van der Waals surface area contributed by atoms with E-state index in [9.17, 15) is 0 Å². The molecule has 4 N–H and O–H groups in total. The summed E-state index contributed by atoms with van der Waals surface area (Å²) in [6.07, 6.45) is 0.545. The maximum Gasteiger partial charge on any atom is 0.130 e. The molecule has 0 aliphatic heterocycles. The molecule has 0 aliphatic carbocycles. The van der Waals surface area contributed by atoms with Crippen LogP contribution in [0.25, 0.3) is 0 Å². The van der Waals surface area contributed by atoms with E-state index >= 15 is 0 Å². The van der Waals surface area contributed by atoms with Gasteiger partial charge in [-0.1, -0.05) is 18.2 Å². The molecule has 0 amide bonds. The van der Waals surface area contributed by atoms with Crippen molar-refractivity contribution in [2.75, 3.05) is 6.61 Å². The van der Waals surface area contributed by atoms with Gasteiger partial charge in [0, 0.05) is 16.6 Å². The highest BCUT2D eigenvalue weighted by molar-refractivity contribution is 9.10. The zero-order valence-electron chi connectivity index (χ0n) is 10.8. The molecule has 0 unspecified atom stereocenters. The normalized spacial score (nSPS) is 10.3. The smallest absolute Gasteiger partial charge is 0.130 e. The first-order valence-corrected chi connectivity index (χ1v) is 6.91. The fourth-order valence-electron chi connectivity index (χ4n) is 1.84. The molecule has 0 saturated carbocycles. The number of para-hydroxylation sites is 1. The molecule has 0 spiro atoms. The highest BCUT2D eigenvalue weighted by Gasteiger charge is 2.07. The van der Waals surface area contributed by atoms with Crippen LogP contribution in [0, 0.1) is 5.41 Å². The van der Waals surface area contributed by atoms with Crippen molar-refractivity contribution in [2.24, 2.45) is 5.73 Å². The number of aliphatic hydroxyl groups excluding tert-OH is 1. The average molecular weight is 335 g/mol. The molecule has 4 nitrogen and oxygen atoms in total. The van der Waals surface area contributed by atoms with Gasteiger partial charge in [-0.15, -0.1) is 0 Å². The highest BCUT2D eigenvalue weighted by Crippen LogP contribution is 2.29. The lowest BCUT2D eigenvalue weighted by molar-refractivity contribution is 0.298. The minimum atomic E-state index is 0.00380. The van der Waals surface area contributed by atoms with Gasteiger partial charge in [0.25, 0.3) is 0 Å². The minimum Gasteiger partial charge on any atom is -0.457 e. The van der Waals surface area contributed by atoms with Crippen LogP contribution in [-0.4, -0.2) is 17.5 Å². The third-order valence-corrected chi connectivity index (χ3v) is 3.47. The summed E-state index contributed by atoms with van der Waals surface area (Å²) >= 11 is 3.37. The summed E-state index contributed by atoms with van der Waals surface area (Å²) in [6, 6.07) is 12.8. The maximum absolute atomic E-state index is 9.05. The molecule has 2 aromatic rings. The molecule has 0 atom stereocenters. The molecular weight excluding hydrogens is 320 g/mol. The molecule has 0 radical (unpaired) electrons. The molecule has 0 aliphatic rings. The zero-order chi connectivity index (χ0) is 14.5. The van der Waals surface area contributed by atoms with Crippen LogP contribution < -0.4 is 10.5 Å². The third kappa shape index (κ3) is 3.37. The molecule has 0 aromatic heterocycles. The lowest BCUT2D eigenvalue weighted by atomic mass is 10.1. The second-order valence-corrected chi connectivity index (χ2v) is 5.09. The SMILES string of the molecule is N=C(N)c1ccc(Oc2ccccc2CCO)cc1Br. The quantitative estimate of drug-likeness (QED) is 0.580. The van der Waals surface area contributed by atoms with Gasteiger partial charge in [0.05, 0.1) is 0 Å². The molecule has 0 saturated heterocycles. The van der Waals surface area contributed by atoms with Gasteiger partial charge >= 0.3 is 0 Å². The summed E-state index contributed by atoms with van der Waals surface area (Å²) in [4.78, 5) is 0. The fourth-order valence-corrected chi connectivity index (χ4v) is 2.41. The predicted molar refractivity (Wildman–Crippen MR) is 82.5 cm³/mol. The number of ether oxygens (including phenoxy) is 1. The van der Waals surface area contributed by atoms with Crippen LogP contribution in [0.2, 0.25) is 0 Å². The van der Waals surface area contributed by atoms with Crippen molar-refractivity contribution in [3.05, 3.63) is 58.1 Å². The summed E-state index contributed by atoms with van der Waals surface area (Å²) in [6.45, 7) is 0.0767. The minimum absolute atomic E-state index is 0.00380. The van der Waals surface area contributed by atoms with Crippen molar-refractivity contribution < 1.29 is 9.84 Å². The molecule has 2 rings (SSSR count). The van der Waals surface area contributed by atoms with E-state index in [1.54, 1.807) is 18.2 Å². The summed E-state index contributed by atoms with van der Waals surface area (Å²) in [5, 5.41) is 16.5. The molecule has 0 bridgehead atoms. The molecule has 104 valence electrons. The fraction of sp³-hybridized carbons (Fsp3) is 0.133. The Hall–Kier alpha value is -1.85. The summed E-state index contributed by atoms with van der Waals surface area (Å²) < 4.78 is 6.54. The van der Waals surface area contributed by atoms with Gasteiger partial charge in [0.15, 0.2) is 0 Å². The number of amidine groups is 1. The van der Waals surface area contributed by atoms with Crippen molar-refractivity contribution in [3.8, 4) is 11.5 Å². The van der Waals surface area contributed by atoms with E-state index in [2.05, 4.69) is 15.9 Å². The number of aliphatic hydroxyl groups is 1. The largest absolute Gasteiger partial charge is 0.457 e. The van der Waals surface area contributed by atoms with Crippen molar-refractivity contribution in [2.45, 2.75) is 6.42 Å². The van der Waals surface area contributed by atoms with E-state index in [4.69, 9.17) is 21.0 Å². The molecule has 0 fully saturated rings. The Labute approximate surface area is 125 Å². The standard InChI is InChI=1S/C15H15BrN2O2/c16-13-9-11(5-6-12(13)15(17)18)20-14-4-2-1-3-10(14)7-8-19/h1-6,9,19H,7-8H2,(H3,17,18). The van der Waals surface area contributed by atoms with Crippen LogP contribution in [0.3, 0.4) is 0 Å². The van der Waals surface area contributed by atoms with Crippen LogP contribution in [0.4, 0.5) is 0 Å². The van der Waals surface area contributed by atoms with E-state index in [1.165, 1.54) is 0 Å². The van der Waals surface area contributed by atoms with E-state index in [1.807, 2.05) is 24.3 Å². The number of hydrogen-bond donors (Lipinski definition) is 3. The Kier molecular flexibility index (Phi) is 4.76. The monoisotopic (exact) mass is 334 g/mol. The second kappa shape index (κ2) is 6.54. The summed E-state index contributed by atoms with van der Waals surface area (Å²) in [7, 11) is 0. The summed E-state index contributed by atoms with van der Waals surface area (Å²) in [5.41, 5.74) is 7.04. The average Bonchev–Trinajstić information content (AvgIpc) is 2.41. The van der Waals surface area contributed by atoms with Gasteiger partial charge in [-0.05, 0) is 52.2 Å². The van der Waals surface area contributed by atoms with Crippen LogP contribution in [0.5, 0.6) is 11.5 Å². The predicted octanol–water partition coefficient (Wildman–Crippen LogP) is 3.06. The number of rotatable bonds is 5. The first-order valence-electron chi connectivity index (χ1n) is 6.12. The Morgan fingerprint density at radius 2 is 2.00 bits per heavy atom. The molecule has 0 heterocycles. The van der Waals surface area contributed by atoms with Gasteiger partial charge in [-0.3, -0.25) is 5.41 Å². The number of nitrogens with two attached hydrogens (primary N) is 1. The van der Waals surface area contributed by atoms with Gasteiger partial charge in [0.1, 0.15) is 17.3 Å². The Balaban J connectivity index is 2.26. The van der Waals surface area contributed by atoms with Crippen LogP contribution in [0.15, 0.2) is 46.9 Å². The molecule has 2 aromatic carbocycles. The van der Waals surface area contributed by atoms with E-state index in [0.717, 1.165) is 5.56 Å². The number of nitrogen functional groups attached to an aromatic ring is 1. The Morgan fingerprint density at radius 1 is 1.25 bits per heavy atom. The van der Waals surface area contributed by atoms with Gasteiger partial charge in [-0.25, -0.2) is 0 Å². The second-order valence-electron chi connectivity index (χ2n) is 4.24. The van der Waals surface area contributed by atoms with Crippen LogP contribution >= 0.6 is 15.9 Å². The van der Waals surface area contributed by atoms with Crippen LogP contribution in [0.1, 0.15) is 11.1 Å². The van der Waals surface area contributed by atoms with E-state index in [0.29, 0.717) is 28.0 Å². The van der Waals surface area contributed by atoms with Crippen molar-refractivity contribution in [1.29, 1.82) is 5.41 Å². The van der Waals surface area contributed by atoms with E-state index in [-0.39, 0.29) is 12.4 Å². The number of benzene rings is 2. The lowest BCUT2D eigenvalue weighted by Crippen LogP contribution is -2.11. The topological polar surface area (TPSA) is 79.3 Å². The number of hydrogen-bond acceptors (Lipinski definition) is 3. The number of halogens is 1. The first-order chi connectivity index (χ1) is 9.61. The Bertz CT molecular complexity index is 629. The highest BCUT2D eigenvalue weighted by atomic mass is 79.9. The molecular formula is C15H15BrN2O2. The maximum atomic E-state index is 9.05. The van der Waals surface area contributed by atoms with Gasteiger partial charge in [-0.2, -0.15) is 0 Å². The molecule has 5 heteroatoms. The van der Waals surface area contributed by atoms with E-state index < -0.39 is 0 Å². The first kappa shape index (κ1) is 14.6. The summed E-state index contributed by atoms with van der Waals surface area (Å²) in [5.74, 6) is 1.36. The third-order valence-electron chi connectivity index (χ3n) is 2.81. The number of nitrogens with one attached hydrogen (secondary N) is 1. The molecule has 20 heavy (non-hydrogen) atoms. The van der Waals surface area contributed by atoms with Crippen molar-refractivity contribution in [3.63, 3.8) is 0 Å². The van der Waals surface area contributed by atoms with Crippen molar-refractivity contribution in [1.82, 2.24) is 0 Å².